The zero-order chi connectivity index (χ0) is 17.2. The van der Waals surface area contributed by atoms with Gasteiger partial charge in [-0.25, -0.2) is 4.79 Å². The number of hydrogen-bond donors (Lipinski definition) is 3. The molecule has 0 aliphatic rings. The Kier molecular flexibility index (Phi) is 7.73. The quantitative estimate of drug-likeness (QED) is 0.295. The summed E-state index contributed by atoms with van der Waals surface area (Å²) in [5.41, 5.74) is 6.30. The van der Waals surface area contributed by atoms with Crippen LogP contribution in [-0.2, 0) is 4.74 Å². The molecular formula is C16H25N3O4. The van der Waals surface area contributed by atoms with Gasteiger partial charge in [0.1, 0.15) is 11.6 Å². The number of amidine groups is 1. The largest absolute Gasteiger partial charge is 0.493 e. The first-order valence-corrected chi connectivity index (χ1v) is 7.54. The molecule has 1 aromatic rings. The van der Waals surface area contributed by atoms with Crippen molar-refractivity contribution >= 4 is 11.9 Å². The molecule has 4 N–H and O–H groups in total. The van der Waals surface area contributed by atoms with Gasteiger partial charge in [0.2, 0.25) is 0 Å². The third-order valence-corrected chi connectivity index (χ3v) is 3.02. The van der Waals surface area contributed by atoms with E-state index in [0.29, 0.717) is 31.3 Å². The van der Waals surface area contributed by atoms with Crippen molar-refractivity contribution in [1.82, 2.24) is 5.32 Å². The summed E-state index contributed by atoms with van der Waals surface area (Å²) in [7, 11) is 0. The van der Waals surface area contributed by atoms with Crippen LogP contribution < -0.4 is 15.8 Å². The van der Waals surface area contributed by atoms with Gasteiger partial charge in [0.25, 0.3) is 0 Å². The summed E-state index contributed by atoms with van der Waals surface area (Å²) < 4.78 is 10.6. The van der Waals surface area contributed by atoms with Crippen molar-refractivity contribution in [3.05, 3.63) is 29.8 Å². The number of amides is 1. The van der Waals surface area contributed by atoms with Crippen LogP contribution in [-0.4, -0.2) is 30.3 Å². The number of nitrogens with zero attached hydrogens (tertiary/aromatic N) is 1. The Labute approximate surface area is 136 Å². The molecule has 0 bridgehead atoms. The highest BCUT2D eigenvalue weighted by Crippen LogP contribution is 2.18. The number of ether oxygens (including phenoxy) is 2. The van der Waals surface area contributed by atoms with Crippen LogP contribution in [0.15, 0.2) is 29.4 Å². The van der Waals surface area contributed by atoms with Crippen molar-refractivity contribution in [3.63, 3.8) is 0 Å². The van der Waals surface area contributed by atoms with Gasteiger partial charge in [0, 0.05) is 6.42 Å². The first kappa shape index (κ1) is 18.6. The maximum absolute atomic E-state index is 11.6. The van der Waals surface area contributed by atoms with Gasteiger partial charge in [-0.3, -0.25) is 0 Å². The standard InChI is InChI=1S/C16H25N3O4/c1-11(2)10-23-16(20)18-12(3)13-4-6-14(7-5-13)22-9-8-15(17)19-21/h4-7,11-12,21H,8-10H2,1-3H3,(H2,17,19)(H,18,20)/t12-/m0/s1. The van der Waals surface area contributed by atoms with Gasteiger partial charge < -0.3 is 25.7 Å². The SMILES string of the molecule is CC(C)COC(=O)N[C@@H](C)c1ccc(OCC/C(N)=N/O)cc1. The Morgan fingerprint density at radius 3 is 2.52 bits per heavy atom. The summed E-state index contributed by atoms with van der Waals surface area (Å²) in [6, 6.07) is 7.18. The predicted molar refractivity (Wildman–Crippen MR) is 87.7 cm³/mol. The van der Waals surface area contributed by atoms with Gasteiger partial charge in [-0.2, -0.15) is 0 Å². The third-order valence-electron chi connectivity index (χ3n) is 3.02. The van der Waals surface area contributed by atoms with E-state index in [0.717, 1.165) is 5.56 Å². The Balaban J connectivity index is 2.44. The van der Waals surface area contributed by atoms with Gasteiger partial charge >= 0.3 is 6.09 Å². The molecule has 7 heteroatoms. The molecule has 7 nitrogen and oxygen atoms in total. The second kappa shape index (κ2) is 9.55. The van der Waals surface area contributed by atoms with E-state index < -0.39 is 6.09 Å². The third kappa shape index (κ3) is 7.39. The number of rotatable bonds is 8. The average Bonchev–Trinajstić information content (AvgIpc) is 2.53. The maximum Gasteiger partial charge on any atom is 0.407 e. The van der Waals surface area contributed by atoms with Crippen LogP contribution in [0.25, 0.3) is 0 Å². The lowest BCUT2D eigenvalue weighted by atomic mass is 10.1. The van der Waals surface area contributed by atoms with E-state index in [9.17, 15) is 4.79 Å². The summed E-state index contributed by atoms with van der Waals surface area (Å²) >= 11 is 0. The van der Waals surface area contributed by atoms with Crippen molar-refractivity contribution in [3.8, 4) is 5.75 Å². The molecule has 1 rings (SSSR count). The monoisotopic (exact) mass is 323 g/mol. The van der Waals surface area contributed by atoms with Crippen LogP contribution in [0.5, 0.6) is 5.75 Å². The molecule has 0 aliphatic heterocycles. The summed E-state index contributed by atoms with van der Waals surface area (Å²) in [6.45, 7) is 6.56. The van der Waals surface area contributed by atoms with Gasteiger partial charge in [0.15, 0.2) is 0 Å². The van der Waals surface area contributed by atoms with E-state index in [-0.39, 0.29) is 11.9 Å². The molecule has 1 atom stereocenters. The number of alkyl carbamates (subject to hydrolysis) is 1. The molecule has 128 valence electrons. The van der Waals surface area contributed by atoms with Crippen LogP contribution >= 0.6 is 0 Å². The Morgan fingerprint density at radius 2 is 1.96 bits per heavy atom. The van der Waals surface area contributed by atoms with Crippen molar-refractivity contribution in [2.75, 3.05) is 13.2 Å². The fraction of sp³-hybridized carbons (Fsp3) is 0.500. The van der Waals surface area contributed by atoms with Gasteiger partial charge in [-0.15, -0.1) is 0 Å². The summed E-state index contributed by atoms with van der Waals surface area (Å²) in [5, 5.41) is 14.1. The Morgan fingerprint density at radius 1 is 1.30 bits per heavy atom. The summed E-state index contributed by atoms with van der Waals surface area (Å²) in [5.74, 6) is 1.10. The van der Waals surface area contributed by atoms with E-state index in [1.807, 2.05) is 32.9 Å². The van der Waals surface area contributed by atoms with Crippen LogP contribution in [0, 0.1) is 5.92 Å². The summed E-state index contributed by atoms with van der Waals surface area (Å²) in [6.07, 6.45) is -0.0805. The Hall–Kier alpha value is -2.44. The fourth-order valence-electron chi connectivity index (χ4n) is 1.72. The number of oxime groups is 1. The lowest BCUT2D eigenvalue weighted by molar-refractivity contribution is 0.130. The molecular weight excluding hydrogens is 298 g/mol. The van der Waals surface area contributed by atoms with Crippen molar-refractivity contribution < 1.29 is 19.5 Å². The topological polar surface area (TPSA) is 106 Å². The van der Waals surface area contributed by atoms with E-state index in [1.54, 1.807) is 12.1 Å². The predicted octanol–water partition coefficient (Wildman–Crippen LogP) is 2.65. The number of hydrogen-bond acceptors (Lipinski definition) is 5. The maximum atomic E-state index is 11.6. The molecule has 0 fully saturated rings. The molecule has 0 spiro atoms. The first-order valence-electron chi connectivity index (χ1n) is 7.54. The molecule has 0 saturated carbocycles. The molecule has 0 aliphatic carbocycles. The molecule has 0 heterocycles. The van der Waals surface area contributed by atoms with Gasteiger partial charge in [0.05, 0.1) is 19.3 Å². The molecule has 1 amide bonds. The van der Waals surface area contributed by atoms with E-state index >= 15 is 0 Å². The first-order chi connectivity index (χ1) is 10.9. The van der Waals surface area contributed by atoms with E-state index in [2.05, 4.69) is 10.5 Å². The minimum Gasteiger partial charge on any atom is -0.493 e. The van der Waals surface area contributed by atoms with Crippen molar-refractivity contribution in [1.29, 1.82) is 0 Å². The number of carbonyl (C=O) groups is 1. The minimum absolute atomic E-state index is 0.124. The lowest BCUT2D eigenvalue weighted by Gasteiger charge is -2.15. The Bertz CT molecular complexity index is 515. The van der Waals surface area contributed by atoms with Crippen molar-refractivity contribution in [2.45, 2.75) is 33.2 Å². The minimum atomic E-state index is -0.426. The number of nitrogens with one attached hydrogen (secondary N) is 1. The van der Waals surface area contributed by atoms with Crippen LogP contribution in [0.3, 0.4) is 0 Å². The second-order valence-corrected chi connectivity index (χ2v) is 5.62. The molecule has 23 heavy (non-hydrogen) atoms. The normalized spacial score (nSPS) is 12.8. The molecule has 0 unspecified atom stereocenters. The average molecular weight is 323 g/mol. The van der Waals surface area contributed by atoms with E-state index in [4.69, 9.17) is 20.4 Å². The highest BCUT2D eigenvalue weighted by Gasteiger charge is 2.11. The molecule has 0 aromatic heterocycles. The fourth-order valence-corrected chi connectivity index (χ4v) is 1.72. The highest BCUT2D eigenvalue weighted by molar-refractivity contribution is 5.79. The molecule has 0 saturated heterocycles. The van der Waals surface area contributed by atoms with Crippen LogP contribution in [0.2, 0.25) is 0 Å². The molecule has 1 aromatic carbocycles. The van der Waals surface area contributed by atoms with Gasteiger partial charge in [-0.1, -0.05) is 31.1 Å². The van der Waals surface area contributed by atoms with E-state index in [1.165, 1.54) is 0 Å². The zero-order valence-electron chi connectivity index (χ0n) is 13.8. The molecule has 0 radical (unpaired) electrons. The highest BCUT2D eigenvalue weighted by atomic mass is 16.5. The smallest absolute Gasteiger partial charge is 0.407 e. The number of benzene rings is 1. The van der Waals surface area contributed by atoms with Crippen molar-refractivity contribution in [2.24, 2.45) is 16.8 Å². The van der Waals surface area contributed by atoms with Gasteiger partial charge in [-0.05, 0) is 30.5 Å². The second-order valence-electron chi connectivity index (χ2n) is 5.62. The van der Waals surface area contributed by atoms with Crippen LogP contribution in [0.1, 0.15) is 38.8 Å². The number of carbonyl (C=O) groups excluding carboxylic acids is 1. The zero-order valence-corrected chi connectivity index (χ0v) is 13.8. The van der Waals surface area contributed by atoms with Crippen LogP contribution in [0.4, 0.5) is 4.79 Å². The number of nitrogens with two attached hydrogens (primary N) is 1. The lowest BCUT2D eigenvalue weighted by Crippen LogP contribution is -2.28. The summed E-state index contributed by atoms with van der Waals surface area (Å²) in [4.78, 5) is 11.6.